The number of fused-ring (bicyclic) bond motifs is 1. The number of benzene rings is 2. The minimum Gasteiger partial charge on any atom is -0.480 e. The summed E-state index contributed by atoms with van der Waals surface area (Å²) in [5.74, 6) is -1.07. The summed E-state index contributed by atoms with van der Waals surface area (Å²) in [6, 6.07) is 8.74. The Kier molecular flexibility index (Phi) is 11.4. The van der Waals surface area contributed by atoms with Crippen LogP contribution < -0.4 is 24.7 Å². The number of nitrogens with zero attached hydrogens (tertiary/aromatic N) is 6. The lowest BCUT2D eigenvalue weighted by Crippen LogP contribution is -2.46. The molecule has 2 aromatic heterocycles. The van der Waals surface area contributed by atoms with Gasteiger partial charge < -0.3 is 24.0 Å². The third-order valence-corrected chi connectivity index (χ3v) is 10.1. The van der Waals surface area contributed by atoms with Gasteiger partial charge in [0, 0.05) is 81.6 Å². The standard InChI is InChI=1S/C36H42F2N8O7S/c1-50-35-29(43-54(2,48)49)19-24(21-39-35)32-27-20-26(37)17-25(33(27)41-36(40-32)46-12-15-51-16-13-46)22-44-8-10-45(11-9-44)30-7-6-23(18-28(30)38)34(47)42-53-31-5-3-4-14-52-31/h6-7,17-21,31,43H,3-5,8-16,22H2,1-2H3,(H,42,47). The topological polar surface area (TPSA) is 161 Å². The summed E-state index contributed by atoms with van der Waals surface area (Å²) in [5, 5.41) is 0.431. The number of amides is 1. The van der Waals surface area contributed by atoms with E-state index >= 15 is 8.78 Å². The first kappa shape index (κ1) is 37.6. The van der Waals surface area contributed by atoms with Crippen LogP contribution in [0.2, 0.25) is 0 Å². The SMILES string of the molecule is COc1ncc(-c2nc(N3CCOCC3)nc3c(CN4CCN(c5ccc(C(=O)NOC6CCCCO6)cc5F)CC4)cc(F)cc23)cc1NS(C)(=O)=O. The van der Waals surface area contributed by atoms with E-state index in [4.69, 9.17) is 29.0 Å². The normalized spacial score (nSPS) is 18.5. The molecule has 3 saturated heterocycles. The molecular formula is C36H42F2N8O7S. The molecule has 7 rings (SSSR count). The smallest absolute Gasteiger partial charge is 0.275 e. The number of carbonyl (C=O) groups is 1. The number of aromatic nitrogens is 3. The van der Waals surface area contributed by atoms with Crippen LogP contribution in [0.25, 0.3) is 22.2 Å². The summed E-state index contributed by atoms with van der Waals surface area (Å²) in [4.78, 5) is 38.1. The highest BCUT2D eigenvalue weighted by atomic mass is 32.2. The van der Waals surface area contributed by atoms with Crippen LogP contribution in [-0.4, -0.2) is 113 Å². The Balaban J connectivity index is 1.11. The van der Waals surface area contributed by atoms with Crippen LogP contribution >= 0.6 is 0 Å². The minimum atomic E-state index is -3.68. The largest absolute Gasteiger partial charge is 0.480 e. The number of nitrogens with one attached hydrogen (secondary N) is 2. The molecule has 1 atom stereocenters. The Morgan fingerprint density at radius 1 is 0.981 bits per heavy atom. The van der Waals surface area contributed by atoms with E-state index in [9.17, 15) is 13.2 Å². The van der Waals surface area contributed by atoms with Crippen LogP contribution in [0.4, 0.5) is 26.1 Å². The zero-order valence-corrected chi connectivity index (χ0v) is 30.8. The zero-order valence-electron chi connectivity index (χ0n) is 30.0. The van der Waals surface area contributed by atoms with Gasteiger partial charge in [-0.3, -0.25) is 14.4 Å². The summed E-state index contributed by atoms with van der Waals surface area (Å²) in [6.07, 6.45) is 4.57. The summed E-state index contributed by atoms with van der Waals surface area (Å²) in [5.41, 5.74) is 4.97. The van der Waals surface area contributed by atoms with Crippen LogP contribution in [0.3, 0.4) is 0 Å². The van der Waals surface area contributed by atoms with Crippen molar-refractivity contribution in [1.29, 1.82) is 0 Å². The van der Waals surface area contributed by atoms with Gasteiger partial charge in [-0.25, -0.2) is 42.5 Å². The van der Waals surface area contributed by atoms with Crippen LogP contribution in [0.15, 0.2) is 42.6 Å². The van der Waals surface area contributed by atoms with Crippen molar-refractivity contribution in [1.82, 2.24) is 25.3 Å². The Morgan fingerprint density at radius 3 is 2.48 bits per heavy atom. The second-order valence-corrected chi connectivity index (χ2v) is 15.1. The maximum Gasteiger partial charge on any atom is 0.275 e. The van der Waals surface area contributed by atoms with Crippen molar-refractivity contribution in [2.45, 2.75) is 32.1 Å². The number of anilines is 3. The van der Waals surface area contributed by atoms with E-state index in [1.165, 1.54) is 31.5 Å². The first-order valence-corrected chi connectivity index (χ1v) is 19.6. The molecule has 0 aliphatic carbocycles. The van der Waals surface area contributed by atoms with Crippen molar-refractivity contribution in [2.75, 3.05) is 87.0 Å². The average Bonchev–Trinajstić information content (AvgIpc) is 3.17. The molecule has 1 amide bonds. The molecule has 3 aliphatic rings. The second-order valence-electron chi connectivity index (χ2n) is 13.4. The molecule has 1 unspecified atom stereocenters. The molecule has 288 valence electrons. The van der Waals surface area contributed by atoms with Gasteiger partial charge in [0.15, 0.2) is 6.29 Å². The fraction of sp³-hybridized carbons (Fsp3) is 0.444. The molecule has 18 heteroatoms. The number of halogens is 2. The van der Waals surface area contributed by atoms with Crippen molar-refractivity contribution in [3.63, 3.8) is 0 Å². The van der Waals surface area contributed by atoms with Gasteiger partial charge in [-0.05, 0) is 54.8 Å². The van der Waals surface area contributed by atoms with Crippen molar-refractivity contribution in [3.8, 4) is 17.1 Å². The molecular weight excluding hydrogens is 727 g/mol. The lowest BCUT2D eigenvalue weighted by molar-refractivity contribution is -0.186. The molecule has 0 bridgehead atoms. The molecule has 5 heterocycles. The monoisotopic (exact) mass is 768 g/mol. The quantitative estimate of drug-likeness (QED) is 0.213. The van der Waals surface area contributed by atoms with E-state index in [1.807, 2.05) is 9.80 Å². The van der Waals surface area contributed by atoms with Gasteiger partial charge in [0.2, 0.25) is 21.9 Å². The van der Waals surface area contributed by atoms with Crippen molar-refractivity contribution in [3.05, 3.63) is 65.4 Å². The molecule has 0 spiro atoms. The highest BCUT2D eigenvalue weighted by molar-refractivity contribution is 7.92. The van der Waals surface area contributed by atoms with Gasteiger partial charge in [0.25, 0.3) is 5.91 Å². The molecule has 15 nitrogen and oxygen atoms in total. The van der Waals surface area contributed by atoms with E-state index in [-0.39, 0.29) is 17.1 Å². The number of hydroxylamine groups is 1. The van der Waals surface area contributed by atoms with Gasteiger partial charge in [-0.2, -0.15) is 0 Å². The highest BCUT2D eigenvalue weighted by Gasteiger charge is 2.25. The number of carbonyl (C=O) groups excluding carboxylic acids is 1. The summed E-state index contributed by atoms with van der Waals surface area (Å²) in [7, 11) is -2.30. The second kappa shape index (κ2) is 16.3. The van der Waals surface area contributed by atoms with Crippen LogP contribution in [0.5, 0.6) is 5.88 Å². The van der Waals surface area contributed by atoms with E-state index in [0.29, 0.717) is 111 Å². The number of ether oxygens (including phenoxy) is 3. The number of pyridine rings is 1. The number of morpholine rings is 1. The maximum absolute atomic E-state index is 15.5. The molecule has 3 fully saturated rings. The third kappa shape index (κ3) is 8.79. The van der Waals surface area contributed by atoms with Gasteiger partial charge in [0.1, 0.15) is 17.3 Å². The van der Waals surface area contributed by atoms with Gasteiger partial charge >= 0.3 is 0 Å². The zero-order chi connectivity index (χ0) is 37.8. The van der Waals surface area contributed by atoms with Crippen LogP contribution in [0.1, 0.15) is 35.2 Å². The number of rotatable bonds is 11. The van der Waals surface area contributed by atoms with Crippen molar-refractivity contribution < 1.29 is 41.0 Å². The molecule has 4 aromatic rings. The predicted octanol–water partition coefficient (Wildman–Crippen LogP) is 3.70. The summed E-state index contributed by atoms with van der Waals surface area (Å²) >= 11 is 0. The average molecular weight is 769 g/mol. The highest BCUT2D eigenvalue weighted by Crippen LogP contribution is 2.35. The van der Waals surface area contributed by atoms with Crippen LogP contribution in [0, 0.1) is 11.6 Å². The number of hydrogen-bond donors (Lipinski definition) is 2. The Hall–Kier alpha value is -4.75. The molecule has 2 aromatic carbocycles. The van der Waals surface area contributed by atoms with E-state index in [1.54, 1.807) is 18.2 Å². The number of hydrogen-bond acceptors (Lipinski definition) is 13. The fourth-order valence-electron chi connectivity index (χ4n) is 6.79. The van der Waals surface area contributed by atoms with Gasteiger partial charge in [-0.1, -0.05) is 0 Å². The lowest BCUT2D eigenvalue weighted by Gasteiger charge is -2.36. The first-order valence-electron chi connectivity index (χ1n) is 17.7. The first-order chi connectivity index (χ1) is 26.0. The van der Waals surface area contributed by atoms with Gasteiger partial charge in [-0.15, -0.1) is 0 Å². The Bertz CT molecular complexity index is 2110. The third-order valence-electron chi connectivity index (χ3n) is 9.48. The minimum absolute atomic E-state index is 0.0678. The maximum atomic E-state index is 15.5. The molecule has 3 aliphatic heterocycles. The van der Waals surface area contributed by atoms with Crippen LogP contribution in [-0.2, 0) is 30.9 Å². The Morgan fingerprint density at radius 2 is 1.78 bits per heavy atom. The Labute approximate surface area is 311 Å². The molecule has 0 saturated carbocycles. The number of piperazine rings is 1. The molecule has 0 radical (unpaired) electrons. The summed E-state index contributed by atoms with van der Waals surface area (Å²) < 4.78 is 73.9. The fourth-order valence-corrected chi connectivity index (χ4v) is 7.34. The van der Waals surface area contributed by atoms with E-state index in [2.05, 4.69) is 20.1 Å². The van der Waals surface area contributed by atoms with Crippen molar-refractivity contribution >= 4 is 44.2 Å². The molecule has 2 N–H and O–H groups in total. The summed E-state index contributed by atoms with van der Waals surface area (Å²) in [6.45, 7) is 5.09. The van der Waals surface area contributed by atoms with E-state index in [0.717, 1.165) is 19.1 Å². The van der Waals surface area contributed by atoms with E-state index < -0.39 is 33.9 Å². The molecule has 54 heavy (non-hydrogen) atoms. The van der Waals surface area contributed by atoms with Gasteiger partial charge in [0.05, 0.1) is 43.5 Å². The van der Waals surface area contributed by atoms with Crippen molar-refractivity contribution in [2.24, 2.45) is 0 Å². The number of sulfonamides is 1. The lowest BCUT2D eigenvalue weighted by atomic mass is 10.0. The predicted molar refractivity (Wildman–Crippen MR) is 197 cm³/mol. The number of methoxy groups -OCH3 is 1.